The summed E-state index contributed by atoms with van der Waals surface area (Å²) in [6, 6.07) is 11.6. The van der Waals surface area contributed by atoms with E-state index in [-0.39, 0.29) is 0 Å². The lowest BCUT2D eigenvalue weighted by atomic mass is 10.2. The molecule has 2 heteroatoms. The zero-order valence-electron chi connectivity index (χ0n) is 10.9. The predicted molar refractivity (Wildman–Crippen MR) is 73.0 cm³/mol. The van der Waals surface area contributed by atoms with Crippen molar-refractivity contribution in [2.45, 2.75) is 38.8 Å². The van der Waals surface area contributed by atoms with E-state index in [1.165, 1.54) is 37.9 Å². The van der Waals surface area contributed by atoms with Crippen molar-refractivity contribution in [2.75, 3.05) is 19.6 Å². The van der Waals surface area contributed by atoms with Gasteiger partial charge in [-0.15, -0.1) is 0 Å². The van der Waals surface area contributed by atoms with E-state index in [1.54, 1.807) is 0 Å². The van der Waals surface area contributed by atoms with Gasteiger partial charge in [0.15, 0.2) is 0 Å². The van der Waals surface area contributed by atoms with Crippen molar-refractivity contribution < 1.29 is 0 Å². The maximum Gasteiger partial charge on any atom is 0.0233 e. The highest BCUT2D eigenvalue weighted by molar-refractivity contribution is 5.14. The Morgan fingerprint density at radius 3 is 2.65 bits per heavy atom. The van der Waals surface area contributed by atoms with E-state index in [4.69, 9.17) is 0 Å². The zero-order valence-corrected chi connectivity index (χ0v) is 10.9. The van der Waals surface area contributed by atoms with Crippen LogP contribution in [0.3, 0.4) is 0 Å². The molecule has 1 N–H and O–H groups in total. The summed E-state index contributed by atoms with van der Waals surface area (Å²) in [6.07, 6.45) is 4.04. The van der Waals surface area contributed by atoms with E-state index in [0.29, 0.717) is 0 Å². The van der Waals surface area contributed by atoms with Gasteiger partial charge < -0.3 is 5.32 Å². The Balaban J connectivity index is 1.65. The summed E-state index contributed by atoms with van der Waals surface area (Å²) in [4.78, 5) is 2.52. The van der Waals surface area contributed by atoms with Crippen LogP contribution in [-0.4, -0.2) is 30.6 Å². The Hall–Kier alpha value is -0.860. The molecule has 1 aliphatic rings. The van der Waals surface area contributed by atoms with Gasteiger partial charge in [-0.1, -0.05) is 37.3 Å². The molecule has 1 fully saturated rings. The van der Waals surface area contributed by atoms with Gasteiger partial charge >= 0.3 is 0 Å². The molecular weight excluding hydrogens is 208 g/mol. The molecule has 1 aromatic carbocycles. The SMILES string of the molecule is CCN(CCCNC1CC1)Cc1ccccc1. The normalized spacial score (nSPS) is 15.4. The van der Waals surface area contributed by atoms with Gasteiger partial charge in [-0.3, -0.25) is 4.90 Å². The van der Waals surface area contributed by atoms with Crippen LogP contribution in [0.5, 0.6) is 0 Å². The van der Waals surface area contributed by atoms with E-state index in [1.807, 2.05) is 0 Å². The Morgan fingerprint density at radius 2 is 2.00 bits per heavy atom. The molecule has 1 saturated carbocycles. The summed E-state index contributed by atoms with van der Waals surface area (Å²) in [7, 11) is 0. The highest BCUT2D eigenvalue weighted by Gasteiger charge is 2.19. The van der Waals surface area contributed by atoms with Gasteiger partial charge in [0, 0.05) is 12.6 Å². The molecule has 2 rings (SSSR count). The fourth-order valence-electron chi connectivity index (χ4n) is 2.09. The van der Waals surface area contributed by atoms with Crippen molar-refractivity contribution >= 4 is 0 Å². The fourth-order valence-corrected chi connectivity index (χ4v) is 2.09. The lowest BCUT2D eigenvalue weighted by Crippen LogP contribution is -2.27. The second kappa shape index (κ2) is 6.77. The molecule has 1 aliphatic carbocycles. The maximum absolute atomic E-state index is 3.57. The van der Waals surface area contributed by atoms with Crippen LogP contribution < -0.4 is 5.32 Å². The van der Waals surface area contributed by atoms with Crippen molar-refractivity contribution in [1.82, 2.24) is 10.2 Å². The van der Waals surface area contributed by atoms with Crippen molar-refractivity contribution in [3.8, 4) is 0 Å². The molecule has 94 valence electrons. The first-order chi connectivity index (χ1) is 8.38. The van der Waals surface area contributed by atoms with Crippen LogP contribution in [0.15, 0.2) is 30.3 Å². The molecule has 0 aromatic heterocycles. The van der Waals surface area contributed by atoms with E-state index in [2.05, 4.69) is 47.5 Å². The Morgan fingerprint density at radius 1 is 1.24 bits per heavy atom. The minimum atomic E-state index is 0.846. The first-order valence-electron chi connectivity index (χ1n) is 6.88. The number of rotatable bonds is 8. The minimum Gasteiger partial charge on any atom is -0.314 e. The Bertz CT molecular complexity index is 306. The molecule has 0 bridgehead atoms. The third-order valence-electron chi connectivity index (χ3n) is 3.36. The van der Waals surface area contributed by atoms with Gasteiger partial charge in [-0.2, -0.15) is 0 Å². The highest BCUT2D eigenvalue weighted by atomic mass is 15.1. The first-order valence-corrected chi connectivity index (χ1v) is 6.88. The first kappa shape index (κ1) is 12.6. The number of benzene rings is 1. The molecule has 0 spiro atoms. The van der Waals surface area contributed by atoms with E-state index < -0.39 is 0 Å². The molecule has 0 atom stereocenters. The summed E-state index contributed by atoms with van der Waals surface area (Å²) >= 11 is 0. The second-order valence-electron chi connectivity index (χ2n) is 4.94. The van der Waals surface area contributed by atoms with E-state index in [0.717, 1.165) is 19.1 Å². The second-order valence-corrected chi connectivity index (χ2v) is 4.94. The lowest BCUT2D eigenvalue weighted by molar-refractivity contribution is 0.275. The largest absolute Gasteiger partial charge is 0.314 e. The lowest BCUT2D eigenvalue weighted by Gasteiger charge is -2.20. The Labute approximate surface area is 105 Å². The van der Waals surface area contributed by atoms with Gasteiger partial charge in [0.25, 0.3) is 0 Å². The molecular formula is C15H24N2. The van der Waals surface area contributed by atoms with Gasteiger partial charge in [-0.05, 0) is 44.5 Å². The van der Waals surface area contributed by atoms with Crippen LogP contribution in [0.4, 0.5) is 0 Å². The molecule has 17 heavy (non-hydrogen) atoms. The molecule has 0 saturated heterocycles. The third-order valence-corrected chi connectivity index (χ3v) is 3.36. The van der Waals surface area contributed by atoms with Crippen LogP contribution in [0.25, 0.3) is 0 Å². The van der Waals surface area contributed by atoms with Crippen LogP contribution >= 0.6 is 0 Å². The molecule has 0 amide bonds. The quantitative estimate of drug-likeness (QED) is 0.693. The van der Waals surface area contributed by atoms with Gasteiger partial charge in [0.05, 0.1) is 0 Å². The summed E-state index contributed by atoms with van der Waals surface area (Å²) in [5.41, 5.74) is 1.42. The number of hydrogen-bond acceptors (Lipinski definition) is 2. The third kappa shape index (κ3) is 4.88. The smallest absolute Gasteiger partial charge is 0.0233 e. The van der Waals surface area contributed by atoms with Crippen molar-refractivity contribution in [2.24, 2.45) is 0 Å². The average molecular weight is 232 g/mol. The Kier molecular flexibility index (Phi) is 5.02. The fraction of sp³-hybridized carbons (Fsp3) is 0.600. The number of nitrogens with zero attached hydrogens (tertiary/aromatic N) is 1. The van der Waals surface area contributed by atoms with Crippen LogP contribution in [-0.2, 0) is 6.54 Å². The standard InChI is InChI=1S/C15H24N2/c1-2-17(12-6-11-16-15-9-10-15)13-14-7-4-3-5-8-14/h3-5,7-8,15-16H,2,6,9-13H2,1H3. The zero-order chi connectivity index (χ0) is 11.9. The number of nitrogens with one attached hydrogen (secondary N) is 1. The minimum absolute atomic E-state index is 0.846. The molecule has 2 nitrogen and oxygen atoms in total. The van der Waals surface area contributed by atoms with Crippen LogP contribution in [0.2, 0.25) is 0 Å². The molecule has 0 heterocycles. The monoisotopic (exact) mass is 232 g/mol. The van der Waals surface area contributed by atoms with E-state index >= 15 is 0 Å². The van der Waals surface area contributed by atoms with Gasteiger partial charge in [-0.25, -0.2) is 0 Å². The summed E-state index contributed by atoms with van der Waals surface area (Å²) < 4.78 is 0. The number of hydrogen-bond donors (Lipinski definition) is 1. The predicted octanol–water partition coefficient (Wildman–Crippen LogP) is 2.65. The maximum atomic E-state index is 3.57. The van der Waals surface area contributed by atoms with Crippen molar-refractivity contribution in [1.29, 1.82) is 0 Å². The molecule has 0 unspecified atom stereocenters. The molecule has 1 aromatic rings. The van der Waals surface area contributed by atoms with Crippen LogP contribution in [0.1, 0.15) is 31.7 Å². The van der Waals surface area contributed by atoms with Crippen LogP contribution in [0, 0.1) is 0 Å². The summed E-state index contributed by atoms with van der Waals surface area (Å²) in [6.45, 7) is 6.84. The van der Waals surface area contributed by atoms with Gasteiger partial charge in [0.1, 0.15) is 0 Å². The summed E-state index contributed by atoms with van der Waals surface area (Å²) in [5.74, 6) is 0. The van der Waals surface area contributed by atoms with Crippen molar-refractivity contribution in [3.63, 3.8) is 0 Å². The van der Waals surface area contributed by atoms with Crippen molar-refractivity contribution in [3.05, 3.63) is 35.9 Å². The molecule has 0 aliphatic heterocycles. The van der Waals surface area contributed by atoms with Gasteiger partial charge in [0.2, 0.25) is 0 Å². The average Bonchev–Trinajstić information content (AvgIpc) is 3.18. The summed E-state index contributed by atoms with van der Waals surface area (Å²) in [5, 5.41) is 3.57. The van der Waals surface area contributed by atoms with E-state index in [9.17, 15) is 0 Å². The highest BCUT2D eigenvalue weighted by Crippen LogP contribution is 2.18. The topological polar surface area (TPSA) is 15.3 Å². The molecule has 0 radical (unpaired) electrons.